The lowest BCUT2D eigenvalue weighted by atomic mass is 10.0. The van der Waals surface area contributed by atoms with Gasteiger partial charge in [-0.15, -0.1) is 12.4 Å². The molecule has 1 aromatic heterocycles. The van der Waals surface area contributed by atoms with E-state index in [-0.39, 0.29) is 32.0 Å². The number of hydrogen-bond acceptors (Lipinski definition) is 4. The van der Waals surface area contributed by atoms with Crippen LogP contribution in [0, 0.1) is 0 Å². The molecule has 2 N–H and O–H groups in total. The molecule has 1 heterocycles. The number of halogens is 4. The fourth-order valence-electron chi connectivity index (χ4n) is 1.81. The Kier molecular flexibility index (Phi) is 7.30. The van der Waals surface area contributed by atoms with Crippen LogP contribution < -0.4 is 11.3 Å². The van der Waals surface area contributed by atoms with Gasteiger partial charge in [-0.25, -0.2) is 4.79 Å². The molecular formula is C14H20ClF3N2O3. The molecule has 0 spiro atoms. The van der Waals surface area contributed by atoms with Gasteiger partial charge in [0.05, 0.1) is 6.61 Å². The SMILES string of the molecule is CCOC(=O)c1ccc(C(F)(F)F)n(CCC(C)(C)N)c1=O.Cl. The molecule has 0 aliphatic carbocycles. The Morgan fingerprint density at radius 3 is 2.30 bits per heavy atom. The summed E-state index contributed by atoms with van der Waals surface area (Å²) in [6.45, 7) is 4.60. The maximum absolute atomic E-state index is 13.0. The lowest BCUT2D eigenvalue weighted by Gasteiger charge is -2.21. The minimum atomic E-state index is -4.70. The number of carbonyl (C=O) groups is 1. The number of alkyl halides is 3. The van der Waals surface area contributed by atoms with Gasteiger partial charge in [0.2, 0.25) is 0 Å². The number of nitrogens with zero attached hydrogens (tertiary/aromatic N) is 1. The first-order valence-corrected chi connectivity index (χ1v) is 6.74. The molecular weight excluding hydrogens is 337 g/mol. The Morgan fingerprint density at radius 1 is 1.30 bits per heavy atom. The molecule has 0 aromatic carbocycles. The average Bonchev–Trinajstić information content (AvgIpc) is 2.34. The molecule has 0 aliphatic rings. The molecule has 1 aromatic rings. The fraction of sp³-hybridized carbons (Fsp3) is 0.571. The van der Waals surface area contributed by atoms with Gasteiger partial charge < -0.3 is 15.0 Å². The molecule has 0 saturated carbocycles. The maximum atomic E-state index is 13.0. The van der Waals surface area contributed by atoms with Crippen molar-refractivity contribution in [1.29, 1.82) is 0 Å². The third-order valence-corrected chi connectivity index (χ3v) is 2.94. The number of nitrogens with two attached hydrogens (primary N) is 1. The number of ether oxygens (including phenoxy) is 1. The maximum Gasteiger partial charge on any atom is 0.431 e. The van der Waals surface area contributed by atoms with Crippen LogP contribution in [0.25, 0.3) is 0 Å². The zero-order valence-corrected chi connectivity index (χ0v) is 13.9. The van der Waals surface area contributed by atoms with E-state index in [9.17, 15) is 22.8 Å². The van der Waals surface area contributed by atoms with Gasteiger partial charge in [-0.3, -0.25) is 4.79 Å². The molecule has 0 atom stereocenters. The number of carbonyl (C=O) groups excluding carboxylic acids is 1. The monoisotopic (exact) mass is 356 g/mol. The first-order chi connectivity index (χ1) is 9.97. The quantitative estimate of drug-likeness (QED) is 0.823. The number of aromatic nitrogens is 1. The van der Waals surface area contributed by atoms with Gasteiger partial charge in [0, 0.05) is 12.1 Å². The minimum absolute atomic E-state index is 0. The second-order valence-corrected chi connectivity index (χ2v) is 5.55. The molecule has 0 radical (unpaired) electrons. The minimum Gasteiger partial charge on any atom is -0.462 e. The van der Waals surface area contributed by atoms with E-state index in [4.69, 9.17) is 5.73 Å². The predicted octanol–water partition coefficient (Wildman–Crippen LogP) is 2.59. The fourth-order valence-corrected chi connectivity index (χ4v) is 1.81. The zero-order chi connectivity index (χ0) is 17.1. The van der Waals surface area contributed by atoms with E-state index in [1.54, 1.807) is 13.8 Å². The van der Waals surface area contributed by atoms with Crippen molar-refractivity contribution >= 4 is 18.4 Å². The molecule has 5 nitrogen and oxygen atoms in total. The van der Waals surface area contributed by atoms with Crippen molar-refractivity contribution in [3.8, 4) is 0 Å². The summed E-state index contributed by atoms with van der Waals surface area (Å²) < 4.78 is 44.3. The average molecular weight is 357 g/mol. The van der Waals surface area contributed by atoms with Gasteiger partial charge in [0.25, 0.3) is 5.56 Å². The van der Waals surface area contributed by atoms with Gasteiger partial charge in [0.1, 0.15) is 11.3 Å². The van der Waals surface area contributed by atoms with Crippen molar-refractivity contribution in [2.24, 2.45) is 5.73 Å². The standard InChI is InChI=1S/C14H19F3N2O3.ClH/c1-4-22-12(21)9-5-6-10(14(15,16)17)19(11(9)20)8-7-13(2,3)18;/h5-6H,4,7-8,18H2,1-3H3;1H. The third-order valence-electron chi connectivity index (χ3n) is 2.94. The molecule has 0 amide bonds. The lowest BCUT2D eigenvalue weighted by Crippen LogP contribution is -2.38. The van der Waals surface area contributed by atoms with E-state index >= 15 is 0 Å². The first kappa shape index (κ1) is 21.5. The molecule has 1 rings (SSSR count). The largest absolute Gasteiger partial charge is 0.462 e. The molecule has 9 heteroatoms. The van der Waals surface area contributed by atoms with Gasteiger partial charge in [-0.05, 0) is 39.3 Å². The zero-order valence-electron chi connectivity index (χ0n) is 13.1. The highest BCUT2D eigenvalue weighted by Gasteiger charge is 2.35. The van der Waals surface area contributed by atoms with Crippen LogP contribution >= 0.6 is 12.4 Å². The summed E-state index contributed by atoms with van der Waals surface area (Å²) >= 11 is 0. The van der Waals surface area contributed by atoms with Gasteiger partial charge in [0.15, 0.2) is 0 Å². The Labute approximate surface area is 138 Å². The molecule has 132 valence electrons. The van der Waals surface area contributed by atoms with Crippen molar-refractivity contribution < 1.29 is 22.7 Å². The Balaban J connectivity index is 0.00000484. The van der Waals surface area contributed by atoms with Crippen LogP contribution in [0.4, 0.5) is 13.2 Å². The van der Waals surface area contributed by atoms with E-state index in [1.807, 2.05) is 0 Å². The van der Waals surface area contributed by atoms with E-state index in [0.29, 0.717) is 10.6 Å². The number of esters is 1. The normalized spacial score (nSPS) is 11.8. The van der Waals surface area contributed by atoms with Crippen molar-refractivity contribution in [3.05, 3.63) is 33.7 Å². The smallest absolute Gasteiger partial charge is 0.431 e. The summed E-state index contributed by atoms with van der Waals surface area (Å²) in [6, 6.07) is 1.55. The third kappa shape index (κ3) is 5.87. The van der Waals surface area contributed by atoms with Gasteiger partial charge in [-0.1, -0.05) is 0 Å². The second kappa shape index (κ2) is 7.83. The summed E-state index contributed by atoms with van der Waals surface area (Å²) in [7, 11) is 0. The lowest BCUT2D eigenvalue weighted by molar-refractivity contribution is -0.144. The highest BCUT2D eigenvalue weighted by molar-refractivity contribution is 5.88. The highest BCUT2D eigenvalue weighted by Crippen LogP contribution is 2.29. The number of hydrogen-bond donors (Lipinski definition) is 1. The van der Waals surface area contributed by atoms with E-state index in [2.05, 4.69) is 4.74 Å². The van der Waals surface area contributed by atoms with Crippen molar-refractivity contribution in [2.45, 2.75) is 45.5 Å². The Hall–Kier alpha value is -1.54. The van der Waals surface area contributed by atoms with Crippen molar-refractivity contribution in [1.82, 2.24) is 4.57 Å². The second-order valence-electron chi connectivity index (χ2n) is 5.55. The summed E-state index contributed by atoms with van der Waals surface area (Å²) in [6.07, 6.45) is -4.56. The molecule has 0 saturated heterocycles. The van der Waals surface area contributed by atoms with E-state index in [0.717, 1.165) is 6.07 Å². The van der Waals surface area contributed by atoms with Crippen LogP contribution in [0.15, 0.2) is 16.9 Å². The summed E-state index contributed by atoms with van der Waals surface area (Å²) in [5, 5.41) is 0. The van der Waals surface area contributed by atoms with Crippen molar-refractivity contribution in [3.63, 3.8) is 0 Å². The van der Waals surface area contributed by atoms with Gasteiger partial charge in [-0.2, -0.15) is 13.2 Å². The molecule has 0 unspecified atom stereocenters. The number of pyridine rings is 1. The van der Waals surface area contributed by atoms with Crippen LogP contribution in [0.2, 0.25) is 0 Å². The van der Waals surface area contributed by atoms with Crippen LogP contribution in [0.3, 0.4) is 0 Å². The Morgan fingerprint density at radius 2 is 1.87 bits per heavy atom. The first-order valence-electron chi connectivity index (χ1n) is 6.74. The molecule has 23 heavy (non-hydrogen) atoms. The van der Waals surface area contributed by atoms with E-state index < -0.39 is 34.5 Å². The van der Waals surface area contributed by atoms with Crippen LogP contribution in [-0.4, -0.2) is 22.7 Å². The molecule has 0 fully saturated rings. The Bertz CT molecular complexity index is 607. The van der Waals surface area contributed by atoms with Crippen LogP contribution in [0.1, 0.15) is 43.2 Å². The van der Waals surface area contributed by atoms with E-state index in [1.165, 1.54) is 6.92 Å². The summed E-state index contributed by atoms with van der Waals surface area (Å²) in [5.74, 6) is -0.943. The molecule has 0 aliphatic heterocycles. The summed E-state index contributed by atoms with van der Waals surface area (Å²) in [4.78, 5) is 23.8. The van der Waals surface area contributed by atoms with Crippen LogP contribution in [-0.2, 0) is 17.5 Å². The highest BCUT2D eigenvalue weighted by atomic mass is 35.5. The number of rotatable bonds is 5. The topological polar surface area (TPSA) is 74.3 Å². The van der Waals surface area contributed by atoms with Crippen molar-refractivity contribution in [2.75, 3.05) is 6.61 Å². The van der Waals surface area contributed by atoms with Crippen LogP contribution in [0.5, 0.6) is 0 Å². The van der Waals surface area contributed by atoms with Gasteiger partial charge >= 0.3 is 12.1 Å². The predicted molar refractivity (Wildman–Crippen MR) is 81.8 cm³/mol. The molecule has 0 bridgehead atoms. The summed E-state index contributed by atoms with van der Waals surface area (Å²) in [5.41, 5.74) is 2.43.